The third-order valence-electron chi connectivity index (χ3n) is 2.77. The molecular formula is C14H20N2O2. The van der Waals surface area contributed by atoms with Crippen LogP contribution in [0, 0.1) is 11.3 Å². The molecule has 0 aliphatic carbocycles. The van der Waals surface area contributed by atoms with Crippen molar-refractivity contribution in [3.05, 3.63) is 29.3 Å². The highest BCUT2D eigenvalue weighted by atomic mass is 16.5. The number of nitrogens with zero attached hydrogens (tertiary/aromatic N) is 2. The van der Waals surface area contributed by atoms with E-state index in [1.807, 2.05) is 19.2 Å². The predicted molar refractivity (Wildman–Crippen MR) is 70.3 cm³/mol. The van der Waals surface area contributed by atoms with Gasteiger partial charge in [0.1, 0.15) is 11.8 Å². The Kier molecular flexibility index (Phi) is 5.63. The normalized spacial score (nSPS) is 12.2. The molecule has 0 fully saturated rings. The topological polar surface area (TPSA) is 56.5 Å². The van der Waals surface area contributed by atoms with Crippen molar-refractivity contribution >= 4 is 0 Å². The Morgan fingerprint density at radius 2 is 2.22 bits per heavy atom. The Bertz CT molecular complexity index is 424. The molecule has 4 heteroatoms. The summed E-state index contributed by atoms with van der Waals surface area (Å²) in [4.78, 5) is 2.13. The maximum Gasteiger partial charge on any atom is 0.136 e. The first-order valence-electron chi connectivity index (χ1n) is 6.00. The van der Waals surface area contributed by atoms with Crippen LogP contribution in [0.15, 0.2) is 18.2 Å². The van der Waals surface area contributed by atoms with Crippen molar-refractivity contribution in [2.24, 2.45) is 0 Å². The van der Waals surface area contributed by atoms with Crippen LogP contribution in [0.1, 0.15) is 24.5 Å². The minimum absolute atomic E-state index is 0.275. The van der Waals surface area contributed by atoms with Crippen LogP contribution in [-0.4, -0.2) is 36.8 Å². The van der Waals surface area contributed by atoms with Crippen molar-refractivity contribution in [2.45, 2.75) is 26.0 Å². The van der Waals surface area contributed by atoms with Crippen LogP contribution in [0.5, 0.6) is 5.75 Å². The lowest BCUT2D eigenvalue weighted by atomic mass is 10.1. The zero-order valence-electron chi connectivity index (χ0n) is 11.2. The first-order chi connectivity index (χ1) is 8.56. The van der Waals surface area contributed by atoms with Gasteiger partial charge in [-0.2, -0.15) is 5.26 Å². The number of nitriles is 1. The molecule has 0 aromatic heterocycles. The number of ether oxygens (including phenoxy) is 1. The fraction of sp³-hybridized carbons (Fsp3) is 0.500. The Labute approximate surface area is 108 Å². The summed E-state index contributed by atoms with van der Waals surface area (Å²) in [6, 6.07) is 7.69. The third kappa shape index (κ3) is 4.36. The van der Waals surface area contributed by atoms with Gasteiger partial charge in [0.2, 0.25) is 0 Å². The van der Waals surface area contributed by atoms with Gasteiger partial charge in [-0.15, -0.1) is 0 Å². The summed E-state index contributed by atoms with van der Waals surface area (Å²) in [7, 11) is 3.57. The van der Waals surface area contributed by atoms with Gasteiger partial charge in [0.15, 0.2) is 0 Å². The van der Waals surface area contributed by atoms with Crippen molar-refractivity contribution in [2.75, 3.05) is 20.7 Å². The van der Waals surface area contributed by atoms with E-state index in [-0.39, 0.29) is 6.10 Å². The van der Waals surface area contributed by atoms with Crippen molar-refractivity contribution < 1.29 is 9.84 Å². The molecule has 0 aliphatic heterocycles. The number of aliphatic hydroxyl groups excluding tert-OH is 1. The van der Waals surface area contributed by atoms with Crippen molar-refractivity contribution in [1.29, 1.82) is 5.26 Å². The molecule has 0 saturated carbocycles. The van der Waals surface area contributed by atoms with E-state index < -0.39 is 0 Å². The van der Waals surface area contributed by atoms with Gasteiger partial charge < -0.3 is 14.7 Å². The highest BCUT2D eigenvalue weighted by Crippen LogP contribution is 2.20. The monoisotopic (exact) mass is 248 g/mol. The summed E-state index contributed by atoms with van der Waals surface area (Å²) in [6.07, 6.45) is 0.479. The molecule has 0 heterocycles. The number of methoxy groups -OCH3 is 1. The summed E-state index contributed by atoms with van der Waals surface area (Å²) >= 11 is 0. The first kappa shape index (κ1) is 14.5. The summed E-state index contributed by atoms with van der Waals surface area (Å²) in [5.74, 6) is 0.610. The van der Waals surface area contributed by atoms with Crippen LogP contribution in [0.2, 0.25) is 0 Å². The van der Waals surface area contributed by atoms with Crippen LogP contribution in [0.3, 0.4) is 0 Å². The fourth-order valence-electron chi connectivity index (χ4n) is 1.72. The summed E-state index contributed by atoms with van der Waals surface area (Å²) < 4.78 is 5.18. The minimum Gasteiger partial charge on any atom is -0.495 e. The van der Waals surface area contributed by atoms with Crippen molar-refractivity contribution in [3.63, 3.8) is 0 Å². The Hall–Kier alpha value is -1.57. The smallest absolute Gasteiger partial charge is 0.136 e. The van der Waals surface area contributed by atoms with Crippen LogP contribution in [0.25, 0.3) is 0 Å². The van der Waals surface area contributed by atoms with E-state index in [2.05, 4.69) is 11.0 Å². The second kappa shape index (κ2) is 7.00. The molecule has 0 spiro atoms. The molecule has 0 radical (unpaired) electrons. The number of aliphatic hydroxyl groups is 1. The van der Waals surface area contributed by atoms with Crippen LogP contribution >= 0.6 is 0 Å². The number of hydrogen-bond acceptors (Lipinski definition) is 4. The molecule has 1 N–H and O–H groups in total. The maximum absolute atomic E-state index is 9.24. The summed E-state index contributed by atoms with van der Waals surface area (Å²) in [6.45, 7) is 3.40. The second-order valence-corrected chi connectivity index (χ2v) is 4.52. The molecule has 18 heavy (non-hydrogen) atoms. The summed E-state index contributed by atoms with van der Waals surface area (Å²) in [5.41, 5.74) is 1.65. The Balaban J connectivity index is 2.65. The van der Waals surface area contributed by atoms with Gasteiger partial charge in [0.05, 0.1) is 18.8 Å². The number of rotatable bonds is 6. The van der Waals surface area contributed by atoms with Gasteiger partial charge in [0, 0.05) is 13.1 Å². The number of hydrogen-bond donors (Lipinski definition) is 1. The quantitative estimate of drug-likeness (QED) is 0.833. The molecule has 4 nitrogen and oxygen atoms in total. The van der Waals surface area contributed by atoms with E-state index in [9.17, 15) is 5.11 Å². The second-order valence-electron chi connectivity index (χ2n) is 4.52. The van der Waals surface area contributed by atoms with Crippen LogP contribution in [0.4, 0.5) is 0 Å². The highest BCUT2D eigenvalue weighted by Gasteiger charge is 2.06. The molecule has 1 atom stereocenters. The maximum atomic E-state index is 9.24. The average molecular weight is 248 g/mol. The molecular weight excluding hydrogens is 228 g/mol. The molecule has 1 aromatic carbocycles. The van der Waals surface area contributed by atoms with E-state index in [4.69, 9.17) is 10.00 Å². The molecule has 0 aliphatic rings. The van der Waals surface area contributed by atoms with Gasteiger partial charge in [-0.05, 0) is 38.1 Å². The Morgan fingerprint density at radius 1 is 1.50 bits per heavy atom. The van der Waals surface area contributed by atoms with E-state index in [1.54, 1.807) is 20.1 Å². The van der Waals surface area contributed by atoms with Gasteiger partial charge in [-0.3, -0.25) is 0 Å². The highest BCUT2D eigenvalue weighted by molar-refractivity contribution is 5.45. The largest absolute Gasteiger partial charge is 0.495 e. The fourth-order valence-corrected chi connectivity index (χ4v) is 1.72. The molecule has 0 saturated heterocycles. The van der Waals surface area contributed by atoms with Crippen LogP contribution < -0.4 is 4.74 Å². The van der Waals surface area contributed by atoms with Gasteiger partial charge >= 0.3 is 0 Å². The zero-order chi connectivity index (χ0) is 13.5. The lowest BCUT2D eigenvalue weighted by Crippen LogP contribution is -2.22. The van der Waals surface area contributed by atoms with E-state index >= 15 is 0 Å². The summed E-state index contributed by atoms with van der Waals surface area (Å²) in [5, 5.41) is 18.1. The number of benzene rings is 1. The van der Waals surface area contributed by atoms with Gasteiger partial charge in [0.25, 0.3) is 0 Å². The molecule has 1 unspecified atom stereocenters. The SMILES string of the molecule is COc1cc(CN(C)CCC(C)O)ccc1C#N. The minimum atomic E-state index is -0.275. The molecule has 1 rings (SSSR count). The van der Waals surface area contributed by atoms with Gasteiger partial charge in [-0.1, -0.05) is 6.07 Å². The standard InChI is InChI=1S/C14H20N2O2/c1-11(17)6-7-16(2)10-12-4-5-13(9-15)14(8-12)18-3/h4-5,8,11,17H,6-7,10H2,1-3H3. The van der Waals surface area contributed by atoms with Gasteiger partial charge in [-0.25, -0.2) is 0 Å². The average Bonchev–Trinajstić information content (AvgIpc) is 2.36. The third-order valence-corrected chi connectivity index (χ3v) is 2.77. The first-order valence-corrected chi connectivity index (χ1v) is 6.00. The van der Waals surface area contributed by atoms with Crippen LogP contribution in [-0.2, 0) is 6.54 Å². The lowest BCUT2D eigenvalue weighted by molar-refractivity contribution is 0.163. The van der Waals surface area contributed by atoms with Crippen molar-refractivity contribution in [3.8, 4) is 11.8 Å². The van der Waals surface area contributed by atoms with E-state index in [0.29, 0.717) is 11.3 Å². The molecule has 0 amide bonds. The van der Waals surface area contributed by atoms with Crippen molar-refractivity contribution in [1.82, 2.24) is 4.90 Å². The predicted octanol–water partition coefficient (Wildman–Crippen LogP) is 1.77. The molecule has 98 valence electrons. The van der Waals surface area contributed by atoms with E-state index in [1.165, 1.54) is 0 Å². The van der Waals surface area contributed by atoms with E-state index in [0.717, 1.165) is 25.1 Å². The lowest BCUT2D eigenvalue weighted by Gasteiger charge is -2.18. The zero-order valence-corrected chi connectivity index (χ0v) is 11.2. The molecule has 1 aromatic rings. The Morgan fingerprint density at radius 3 is 2.78 bits per heavy atom. The molecule has 0 bridgehead atoms.